The third kappa shape index (κ3) is 2.85. The van der Waals surface area contributed by atoms with E-state index in [1.165, 1.54) is 4.90 Å². The molecule has 3 heterocycles. The Labute approximate surface area is 172 Å². The fourth-order valence-electron chi connectivity index (χ4n) is 4.10. The topological polar surface area (TPSA) is 98.4 Å². The molecule has 2 N–H and O–H groups in total. The molecule has 150 valence electrons. The van der Waals surface area contributed by atoms with E-state index in [2.05, 4.69) is 15.3 Å². The first-order valence-electron chi connectivity index (χ1n) is 9.71. The monoisotopic (exact) mass is 401 g/mol. The summed E-state index contributed by atoms with van der Waals surface area (Å²) in [7, 11) is 0. The van der Waals surface area contributed by atoms with Crippen molar-refractivity contribution in [2.45, 2.75) is 12.6 Å². The van der Waals surface area contributed by atoms with E-state index in [9.17, 15) is 14.4 Å². The Morgan fingerprint density at radius 2 is 1.80 bits per heavy atom. The Kier molecular flexibility index (Phi) is 4.31. The van der Waals surface area contributed by atoms with Gasteiger partial charge in [-0.25, -0.2) is 4.98 Å². The van der Waals surface area contributed by atoms with Gasteiger partial charge in [-0.15, -0.1) is 0 Å². The second-order valence-electron chi connectivity index (χ2n) is 7.26. The minimum atomic E-state index is -0.630. The van der Waals surface area contributed by atoms with Crippen LogP contribution in [-0.4, -0.2) is 45.7 Å². The van der Waals surface area contributed by atoms with Gasteiger partial charge in [0, 0.05) is 36.0 Å². The van der Waals surface area contributed by atoms with Gasteiger partial charge in [0.1, 0.15) is 12.7 Å². The number of H-pyrrole nitrogens is 1. The van der Waals surface area contributed by atoms with Crippen LogP contribution in [0.5, 0.6) is 0 Å². The molecule has 0 aliphatic carbocycles. The van der Waals surface area contributed by atoms with E-state index in [0.717, 1.165) is 11.3 Å². The number of fused-ring (bicyclic) bond motifs is 5. The maximum atomic E-state index is 13.3. The van der Waals surface area contributed by atoms with Crippen molar-refractivity contribution in [1.29, 1.82) is 0 Å². The summed E-state index contributed by atoms with van der Waals surface area (Å²) in [5, 5.41) is 2.84. The smallest absolute Gasteiger partial charge is 0.260 e. The zero-order chi connectivity index (χ0) is 20.7. The van der Waals surface area contributed by atoms with Gasteiger partial charge in [0.15, 0.2) is 0 Å². The van der Waals surface area contributed by atoms with Crippen molar-refractivity contribution >= 4 is 23.4 Å². The Bertz CT molecular complexity index is 1140. The Morgan fingerprint density at radius 1 is 1.03 bits per heavy atom. The van der Waals surface area contributed by atoms with Gasteiger partial charge < -0.3 is 15.2 Å². The highest BCUT2D eigenvalue weighted by Gasteiger charge is 2.47. The van der Waals surface area contributed by atoms with Gasteiger partial charge in [-0.05, 0) is 18.2 Å². The van der Waals surface area contributed by atoms with E-state index in [-0.39, 0.29) is 24.3 Å². The molecule has 3 aromatic rings. The number of para-hydroxylation sites is 1. The molecule has 0 saturated carbocycles. The Balaban J connectivity index is 1.43. The normalized spacial score (nSPS) is 16.9. The van der Waals surface area contributed by atoms with Gasteiger partial charge in [-0.1, -0.05) is 30.3 Å². The molecule has 8 heteroatoms. The number of carbonyl (C=O) groups excluding carboxylic acids is 3. The Morgan fingerprint density at radius 3 is 2.60 bits per heavy atom. The number of nitrogens with one attached hydrogen (secondary N) is 2. The molecule has 1 atom stereocenters. The van der Waals surface area contributed by atoms with Crippen LogP contribution in [0.4, 0.5) is 5.69 Å². The highest BCUT2D eigenvalue weighted by Crippen LogP contribution is 2.44. The van der Waals surface area contributed by atoms with E-state index in [1.807, 2.05) is 12.1 Å². The molecule has 2 aliphatic rings. The molecule has 0 saturated heterocycles. The van der Waals surface area contributed by atoms with E-state index < -0.39 is 6.17 Å². The zero-order valence-electron chi connectivity index (χ0n) is 16.0. The molecule has 0 bridgehead atoms. The fraction of sp³-hybridized carbons (Fsp3) is 0.182. The lowest BCUT2D eigenvalue weighted by Gasteiger charge is -2.40. The third-order valence-corrected chi connectivity index (χ3v) is 5.47. The van der Waals surface area contributed by atoms with Gasteiger partial charge in [0.05, 0.1) is 17.6 Å². The van der Waals surface area contributed by atoms with Gasteiger partial charge in [0.2, 0.25) is 5.91 Å². The summed E-state index contributed by atoms with van der Waals surface area (Å²) >= 11 is 0. The van der Waals surface area contributed by atoms with Crippen molar-refractivity contribution in [2.75, 3.05) is 18.0 Å². The first-order chi connectivity index (χ1) is 14.6. The average Bonchev–Trinajstić information content (AvgIpc) is 3.38. The van der Waals surface area contributed by atoms with Crippen LogP contribution in [0.2, 0.25) is 0 Å². The van der Waals surface area contributed by atoms with Crippen molar-refractivity contribution in [3.05, 3.63) is 83.4 Å². The van der Waals surface area contributed by atoms with Crippen molar-refractivity contribution in [2.24, 2.45) is 0 Å². The van der Waals surface area contributed by atoms with Crippen LogP contribution in [0.3, 0.4) is 0 Å². The molecule has 1 unspecified atom stereocenters. The molecule has 8 nitrogen and oxygen atoms in total. The highest BCUT2D eigenvalue weighted by molar-refractivity contribution is 6.17. The van der Waals surface area contributed by atoms with E-state index in [1.54, 1.807) is 53.8 Å². The summed E-state index contributed by atoms with van der Waals surface area (Å²) in [6.45, 7) is 0.280. The average molecular weight is 401 g/mol. The summed E-state index contributed by atoms with van der Waals surface area (Å²) in [5.74, 6) is -0.709. The summed E-state index contributed by atoms with van der Waals surface area (Å²) in [5.41, 5.74) is 3.19. The van der Waals surface area contributed by atoms with Gasteiger partial charge in [0.25, 0.3) is 11.8 Å². The maximum absolute atomic E-state index is 13.3. The number of hydrogen-bond acceptors (Lipinski definition) is 4. The first-order valence-corrected chi connectivity index (χ1v) is 9.71. The number of anilines is 1. The number of benzene rings is 2. The maximum Gasteiger partial charge on any atom is 0.260 e. The molecule has 2 aromatic carbocycles. The van der Waals surface area contributed by atoms with Crippen LogP contribution >= 0.6 is 0 Å². The minimum Gasteiger partial charge on any atom is -0.354 e. The number of imidazole rings is 1. The van der Waals surface area contributed by atoms with Crippen molar-refractivity contribution in [3.63, 3.8) is 0 Å². The quantitative estimate of drug-likeness (QED) is 0.682. The summed E-state index contributed by atoms with van der Waals surface area (Å²) in [4.78, 5) is 49.0. The van der Waals surface area contributed by atoms with Crippen molar-refractivity contribution in [1.82, 2.24) is 20.2 Å². The summed E-state index contributed by atoms with van der Waals surface area (Å²) < 4.78 is 0. The second-order valence-corrected chi connectivity index (χ2v) is 7.26. The summed E-state index contributed by atoms with van der Waals surface area (Å²) in [6.07, 6.45) is 3.27. The van der Waals surface area contributed by atoms with Gasteiger partial charge in [-0.3, -0.25) is 19.3 Å². The predicted octanol–water partition coefficient (Wildman–Crippen LogP) is 1.88. The summed E-state index contributed by atoms with van der Waals surface area (Å²) in [6, 6.07) is 14.2. The molecule has 30 heavy (non-hydrogen) atoms. The lowest BCUT2D eigenvalue weighted by atomic mass is 10.0. The standard InChI is InChI=1S/C22H19N5O3/c28-19(24-10-9-14-11-23-13-25-14)12-26-20-15-5-1-2-6-16(15)22(30)27(20)18-8-4-3-7-17(18)21(26)29/h1-8,11,13,20H,9-10,12H2,(H,23,25)(H,24,28). The van der Waals surface area contributed by atoms with Crippen LogP contribution < -0.4 is 10.2 Å². The fourth-order valence-corrected chi connectivity index (χ4v) is 4.10. The molecule has 1 aromatic heterocycles. The Hall–Kier alpha value is -3.94. The lowest BCUT2D eigenvalue weighted by molar-refractivity contribution is -0.122. The highest BCUT2D eigenvalue weighted by atomic mass is 16.2. The molecule has 0 radical (unpaired) electrons. The predicted molar refractivity (Wildman–Crippen MR) is 109 cm³/mol. The molecule has 0 spiro atoms. The second kappa shape index (κ2) is 7.14. The zero-order valence-corrected chi connectivity index (χ0v) is 16.0. The van der Waals surface area contributed by atoms with Crippen LogP contribution in [0.25, 0.3) is 0 Å². The van der Waals surface area contributed by atoms with Crippen LogP contribution in [0, 0.1) is 0 Å². The number of aromatic amines is 1. The lowest BCUT2D eigenvalue weighted by Crippen LogP contribution is -2.51. The van der Waals surface area contributed by atoms with E-state index in [0.29, 0.717) is 29.8 Å². The number of carbonyl (C=O) groups is 3. The molecular weight excluding hydrogens is 382 g/mol. The van der Waals surface area contributed by atoms with Crippen molar-refractivity contribution in [3.8, 4) is 0 Å². The number of hydrogen-bond donors (Lipinski definition) is 2. The first kappa shape index (κ1) is 18.1. The number of amides is 3. The van der Waals surface area contributed by atoms with Gasteiger partial charge >= 0.3 is 0 Å². The van der Waals surface area contributed by atoms with E-state index in [4.69, 9.17) is 0 Å². The third-order valence-electron chi connectivity index (χ3n) is 5.47. The molecule has 0 fully saturated rings. The molecule has 3 amide bonds. The molecule has 2 aliphatic heterocycles. The van der Waals surface area contributed by atoms with Crippen LogP contribution in [0.15, 0.2) is 61.1 Å². The minimum absolute atomic E-state index is 0.140. The number of nitrogens with zero attached hydrogens (tertiary/aromatic N) is 3. The van der Waals surface area contributed by atoms with Gasteiger partial charge in [-0.2, -0.15) is 0 Å². The van der Waals surface area contributed by atoms with Crippen molar-refractivity contribution < 1.29 is 14.4 Å². The largest absolute Gasteiger partial charge is 0.354 e. The van der Waals surface area contributed by atoms with Crippen LogP contribution in [0.1, 0.15) is 38.1 Å². The molecular formula is C22H19N5O3. The molecule has 5 rings (SSSR count). The van der Waals surface area contributed by atoms with Crippen LogP contribution in [-0.2, 0) is 11.2 Å². The SMILES string of the molecule is O=C(CN1C(=O)c2ccccc2N2C(=O)c3ccccc3C12)NCCc1cnc[nH]1. The number of aromatic nitrogens is 2. The number of rotatable bonds is 5. The van der Waals surface area contributed by atoms with E-state index >= 15 is 0 Å².